The summed E-state index contributed by atoms with van der Waals surface area (Å²) in [5.74, 6) is 0.931. The minimum absolute atomic E-state index is 0.662. The van der Waals surface area contributed by atoms with E-state index in [4.69, 9.17) is 4.74 Å². The van der Waals surface area contributed by atoms with Crippen LogP contribution in [0, 0.1) is 0 Å². The number of rotatable bonds is 12. The van der Waals surface area contributed by atoms with Crippen molar-refractivity contribution in [2.75, 3.05) is 31.1 Å². The molecule has 0 saturated heterocycles. The lowest BCUT2D eigenvalue weighted by atomic mass is 10.1. The smallest absolute Gasteiger partial charge is 0.142 e. The maximum absolute atomic E-state index is 5.84. The second-order valence-corrected chi connectivity index (χ2v) is 5.25. The number of unbranched alkanes of at least 4 members (excludes halogenated alkanes) is 1. The van der Waals surface area contributed by atoms with Crippen molar-refractivity contribution >= 4 is 5.69 Å². The molecule has 0 aliphatic rings. The van der Waals surface area contributed by atoms with E-state index in [0.29, 0.717) is 6.61 Å². The zero-order chi connectivity index (χ0) is 16.2. The van der Waals surface area contributed by atoms with Gasteiger partial charge in [-0.3, -0.25) is 0 Å². The zero-order valence-electron chi connectivity index (χ0n) is 14.1. The fourth-order valence-corrected chi connectivity index (χ4v) is 2.32. The van der Waals surface area contributed by atoms with E-state index in [2.05, 4.69) is 48.5 Å². The van der Waals surface area contributed by atoms with E-state index in [0.717, 1.165) is 37.6 Å². The molecule has 0 aromatic heterocycles. The van der Waals surface area contributed by atoms with Gasteiger partial charge in [-0.15, -0.1) is 13.2 Å². The molecule has 1 aromatic carbocycles. The van der Waals surface area contributed by atoms with Crippen molar-refractivity contribution in [3.8, 4) is 5.75 Å². The predicted molar refractivity (Wildman–Crippen MR) is 96.8 cm³/mol. The Labute approximate surface area is 135 Å². The number of ether oxygens (including phenoxy) is 1. The van der Waals surface area contributed by atoms with E-state index in [1.54, 1.807) is 0 Å². The van der Waals surface area contributed by atoms with Gasteiger partial charge in [-0.05, 0) is 37.6 Å². The molecule has 1 N–H and O–H groups in total. The van der Waals surface area contributed by atoms with E-state index in [9.17, 15) is 0 Å². The van der Waals surface area contributed by atoms with E-state index < -0.39 is 0 Å². The van der Waals surface area contributed by atoms with Crippen LogP contribution < -0.4 is 15.0 Å². The quantitative estimate of drug-likeness (QED) is 0.463. The number of hydrogen-bond acceptors (Lipinski definition) is 3. The summed E-state index contributed by atoms with van der Waals surface area (Å²) in [4.78, 5) is 2.21. The lowest BCUT2D eigenvalue weighted by Gasteiger charge is -2.24. The van der Waals surface area contributed by atoms with Crippen molar-refractivity contribution in [3.63, 3.8) is 0 Å². The van der Waals surface area contributed by atoms with Gasteiger partial charge in [0.1, 0.15) is 5.75 Å². The summed E-state index contributed by atoms with van der Waals surface area (Å²) >= 11 is 0. The molecular weight excluding hydrogens is 272 g/mol. The lowest BCUT2D eigenvalue weighted by molar-refractivity contribution is 0.340. The van der Waals surface area contributed by atoms with Crippen LogP contribution in [0.3, 0.4) is 0 Å². The molecular formula is C19H30N2O. The summed E-state index contributed by atoms with van der Waals surface area (Å²) in [7, 11) is 0. The zero-order valence-corrected chi connectivity index (χ0v) is 14.1. The molecule has 3 heteroatoms. The van der Waals surface area contributed by atoms with Gasteiger partial charge in [0, 0.05) is 19.6 Å². The molecule has 0 saturated carbocycles. The second kappa shape index (κ2) is 10.9. The Morgan fingerprint density at radius 1 is 1.18 bits per heavy atom. The average molecular weight is 302 g/mol. The highest BCUT2D eigenvalue weighted by Gasteiger charge is 2.11. The van der Waals surface area contributed by atoms with Gasteiger partial charge in [-0.2, -0.15) is 0 Å². The summed E-state index contributed by atoms with van der Waals surface area (Å²) in [6.07, 6.45) is 6.23. The molecule has 3 nitrogen and oxygen atoms in total. The van der Waals surface area contributed by atoms with Crippen molar-refractivity contribution < 1.29 is 4.74 Å². The molecule has 0 heterocycles. The van der Waals surface area contributed by atoms with Gasteiger partial charge in [0.2, 0.25) is 0 Å². The van der Waals surface area contributed by atoms with Gasteiger partial charge in [0.05, 0.1) is 12.3 Å². The van der Waals surface area contributed by atoms with E-state index in [1.165, 1.54) is 18.4 Å². The fraction of sp³-hybridized carbons (Fsp3) is 0.474. The topological polar surface area (TPSA) is 24.5 Å². The molecule has 0 atom stereocenters. The van der Waals surface area contributed by atoms with Gasteiger partial charge in [0.25, 0.3) is 0 Å². The van der Waals surface area contributed by atoms with Crippen LogP contribution in [0.15, 0.2) is 43.5 Å². The Morgan fingerprint density at radius 3 is 2.50 bits per heavy atom. The molecule has 0 bridgehead atoms. The number of hydrogen-bond donors (Lipinski definition) is 1. The normalized spacial score (nSPS) is 10.3. The van der Waals surface area contributed by atoms with Crippen LogP contribution in [0.4, 0.5) is 5.69 Å². The second-order valence-electron chi connectivity index (χ2n) is 5.25. The first-order valence-electron chi connectivity index (χ1n) is 8.19. The summed E-state index contributed by atoms with van der Waals surface area (Å²) in [6, 6.07) is 6.43. The molecule has 0 unspecified atom stereocenters. The first kappa shape index (κ1) is 18.3. The van der Waals surface area contributed by atoms with Gasteiger partial charge in [-0.25, -0.2) is 0 Å². The number of anilines is 1. The Kier molecular flexibility index (Phi) is 9.08. The van der Waals surface area contributed by atoms with Crippen LogP contribution in [0.2, 0.25) is 0 Å². The molecule has 1 rings (SSSR count). The van der Waals surface area contributed by atoms with Crippen LogP contribution in [-0.2, 0) is 6.54 Å². The predicted octanol–water partition coefficient (Wildman–Crippen LogP) is 4.15. The van der Waals surface area contributed by atoms with Crippen LogP contribution in [0.5, 0.6) is 5.75 Å². The van der Waals surface area contributed by atoms with Crippen molar-refractivity contribution in [2.24, 2.45) is 0 Å². The summed E-state index contributed by atoms with van der Waals surface area (Å²) in [5.41, 5.74) is 2.35. The number of benzene rings is 1. The largest absolute Gasteiger partial charge is 0.492 e. The Morgan fingerprint density at radius 2 is 1.91 bits per heavy atom. The van der Waals surface area contributed by atoms with E-state index in [-0.39, 0.29) is 0 Å². The van der Waals surface area contributed by atoms with Crippen molar-refractivity contribution in [1.29, 1.82) is 0 Å². The van der Waals surface area contributed by atoms with Crippen LogP contribution in [-0.4, -0.2) is 26.2 Å². The third-order valence-electron chi connectivity index (χ3n) is 3.40. The molecule has 0 aliphatic heterocycles. The average Bonchev–Trinajstić information content (AvgIpc) is 2.52. The Balaban J connectivity index is 2.87. The van der Waals surface area contributed by atoms with Crippen molar-refractivity contribution in [1.82, 2.24) is 5.32 Å². The van der Waals surface area contributed by atoms with E-state index in [1.807, 2.05) is 19.1 Å². The SMILES string of the molecule is C=CCN(CC=C)c1ccc(CNCCCC)cc1OCC. The van der Waals surface area contributed by atoms with Gasteiger partial charge >= 0.3 is 0 Å². The minimum atomic E-state index is 0.662. The van der Waals surface area contributed by atoms with Gasteiger partial charge in [-0.1, -0.05) is 31.6 Å². The summed E-state index contributed by atoms with van der Waals surface area (Å²) < 4.78 is 5.84. The molecule has 0 amide bonds. The molecule has 0 spiro atoms. The Hall–Kier alpha value is -1.74. The highest BCUT2D eigenvalue weighted by molar-refractivity contribution is 5.60. The maximum atomic E-state index is 5.84. The third-order valence-corrected chi connectivity index (χ3v) is 3.40. The first-order chi connectivity index (χ1) is 10.8. The summed E-state index contributed by atoms with van der Waals surface area (Å²) in [6.45, 7) is 16.0. The van der Waals surface area contributed by atoms with Crippen molar-refractivity contribution in [2.45, 2.75) is 33.2 Å². The van der Waals surface area contributed by atoms with E-state index >= 15 is 0 Å². The number of nitrogens with zero attached hydrogens (tertiary/aromatic N) is 1. The minimum Gasteiger partial charge on any atom is -0.492 e. The molecule has 0 radical (unpaired) electrons. The summed E-state index contributed by atoms with van der Waals surface area (Å²) in [5, 5.41) is 3.47. The standard InChI is InChI=1S/C19H30N2O/c1-5-9-12-20-16-17-10-11-18(19(15-17)22-8-4)21(13-6-2)14-7-3/h6-7,10-11,15,20H,2-3,5,8-9,12-14,16H2,1,4H3. The molecule has 122 valence electrons. The highest BCUT2D eigenvalue weighted by Crippen LogP contribution is 2.29. The van der Waals surface area contributed by atoms with Crippen LogP contribution in [0.1, 0.15) is 32.3 Å². The van der Waals surface area contributed by atoms with Crippen LogP contribution >= 0.6 is 0 Å². The number of nitrogens with one attached hydrogen (secondary N) is 1. The third kappa shape index (κ3) is 5.94. The lowest BCUT2D eigenvalue weighted by Crippen LogP contribution is -2.24. The maximum Gasteiger partial charge on any atom is 0.142 e. The Bertz CT molecular complexity index is 447. The van der Waals surface area contributed by atoms with Crippen molar-refractivity contribution in [3.05, 3.63) is 49.1 Å². The monoisotopic (exact) mass is 302 g/mol. The fourth-order valence-electron chi connectivity index (χ4n) is 2.32. The molecule has 1 aromatic rings. The van der Waals surface area contributed by atoms with Crippen LogP contribution in [0.25, 0.3) is 0 Å². The molecule has 0 aliphatic carbocycles. The first-order valence-corrected chi connectivity index (χ1v) is 8.19. The van der Waals surface area contributed by atoms with Gasteiger partial charge < -0.3 is 15.0 Å². The highest BCUT2D eigenvalue weighted by atomic mass is 16.5. The van der Waals surface area contributed by atoms with Gasteiger partial charge in [0.15, 0.2) is 0 Å². The molecule has 0 fully saturated rings. The molecule has 22 heavy (non-hydrogen) atoms.